The third kappa shape index (κ3) is 6.52. The zero-order valence-electron chi connectivity index (χ0n) is 11.6. The largest absolute Gasteiger partial charge is 0.497 e. The quantitative estimate of drug-likeness (QED) is 0.700. The maximum Gasteiger partial charge on any atom is 0.118 e. The number of benzene rings is 1. The average molecular weight is 282 g/mol. The van der Waals surface area contributed by atoms with E-state index in [1.807, 2.05) is 12.1 Å². The van der Waals surface area contributed by atoms with E-state index in [0.717, 1.165) is 31.8 Å². The van der Waals surface area contributed by atoms with Crippen LogP contribution in [0.25, 0.3) is 0 Å². The summed E-state index contributed by atoms with van der Waals surface area (Å²) >= 11 is 4.93. The number of thiocarbonyl (C=S) groups is 1. The first-order valence-corrected chi connectivity index (χ1v) is 6.69. The fraction of sp³-hybridized carbons (Fsp3) is 0.500. The first-order valence-electron chi connectivity index (χ1n) is 6.28. The van der Waals surface area contributed by atoms with Crippen molar-refractivity contribution in [3.8, 4) is 5.75 Å². The fourth-order valence-electron chi connectivity index (χ4n) is 1.75. The van der Waals surface area contributed by atoms with E-state index in [0.29, 0.717) is 11.6 Å². The van der Waals surface area contributed by atoms with Crippen LogP contribution in [0.1, 0.15) is 12.0 Å². The van der Waals surface area contributed by atoms with Gasteiger partial charge in [0.2, 0.25) is 0 Å². The van der Waals surface area contributed by atoms with Gasteiger partial charge in [-0.05, 0) is 17.7 Å². The highest BCUT2D eigenvalue weighted by Gasteiger charge is 2.06. The van der Waals surface area contributed by atoms with Gasteiger partial charge in [-0.1, -0.05) is 24.4 Å². The molecule has 0 radical (unpaired) electrons. The molecule has 1 aromatic carbocycles. The second-order valence-corrected chi connectivity index (χ2v) is 4.86. The van der Waals surface area contributed by atoms with Crippen LogP contribution in [-0.2, 0) is 11.3 Å². The Morgan fingerprint density at radius 3 is 2.42 bits per heavy atom. The Bertz CT molecular complexity index is 382. The lowest BCUT2D eigenvalue weighted by Crippen LogP contribution is -2.30. The molecule has 0 aliphatic rings. The van der Waals surface area contributed by atoms with Gasteiger partial charge in [0, 0.05) is 33.2 Å². The monoisotopic (exact) mass is 282 g/mol. The maximum atomic E-state index is 5.56. The summed E-state index contributed by atoms with van der Waals surface area (Å²) < 4.78 is 10.3. The van der Waals surface area contributed by atoms with Crippen molar-refractivity contribution in [2.24, 2.45) is 5.73 Å². The number of hydrogen-bond acceptors (Lipinski definition) is 4. The van der Waals surface area contributed by atoms with Crippen LogP contribution in [-0.4, -0.2) is 43.8 Å². The summed E-state index contributed by atoms with van der Waals surface area (Å²) in [5.41, 5.74) is 6.79. The van der Waals surface area contributed by atoms with Gasteiger partial charge in [-0.15, -0.1) is 0 Å². The van der Waals surface area contributed by atoms with Crippen LogP contribution >= 0.6 is 12.2 Å². The Morgan fingerprint density at radius 2 is 1.89 bits per heavy atom. The summed E-state index contributed by atoms with van der Waals surface area (Å²) in [6, 6.07) is 8.08. The van der Waals surface area contributed by atoms with Crippen molar-refractivity contribution < 1.29 is 9.47 Å². The predicted molar refractivity (Wildman–Crippen MR) is 81.5 cm³/mol. The van der Waals surface area contributed by atoms with Gasteiger partial charge < -0.3 is 15.2 Å². The molecule has 1 aromatic rings. The number of nitrogens with two attached hydrogens (primary N) is 1. The highest BCUT2D eigenvalue weighted by atomic mass is 32.1. The molecule has 0 aliphatic carbocycles. The predicted octanol–water partition coefficient (Wildman–Crippen LogP) is 1.82. The summed E-state index contributed by atoms with van der Waals surface area (Å²) in [6.45, 7) is 3.28. The molecule has 5 heteroatoms. The van der Waals surface area contributed by atoms with Crippen molar-refractivity contribution in [3.63, 3.8) is 0 Å². The van der Waals surface area contributed by atoms with E-state index in [1.165, 1.54) is 5.56 Å². The number of rotatable bonds is 9. The normalized spacial score (nSPS) is 10.7. The Hall–Kier alpha value is -1.17. The van der Waals surface area contributed by atoms with Crippen molar-refractivity contribution in [3.05, 3.63) is 29.8 Å². The molecule has 0 atom stereocenters. The summed E-state index contributed by atoms with van der Waals surface area (Å²) in [4.78, 5) is 2.84. The van der Waals surface area contributed by atoms with Gasteiger partial charge in [-0.2, -0.15) is 0 Å². The summed E-state index contributed by atoms with van der Waals surface area (Å²) in [7, 11) is 3.38. The molecule has 0 bridgehead atoms. The van der Waals surface area contributed by atoms with Gasteiger partial charge in [0.15, 0.2) is 0 Å². The van der Waals surface area contributed by atoms with E-state index in [-0.39, 0.29) is 0 Å². The molecule has 4 nitrogen and oxygen atoms in total. The Morgan fingerprint density at radius 1 is 1.21 bits per heavy atom. The average Bonchev–Trinajstić information content (AvgIpc) is 2.42. The maximum absolute atomic E-state index is 5.56. The number of methoxy groups -OCH3 is 2. The summed E-state index contributed by atoms with van der Waals surface area (Å²) in [5.74, 6) is 0.871. The van der Waals surface area contributed by atoms with Gasteiger partial charge >= 0.3 is 0 Å². The molecular weight excluding hydrogens is 260 g/mol. The van der Waals surface area contributed by atoms with Crippen LogP contribution in [0, 0.1) is 0 Å². The van der Waals surface area contributed by atoms with Crippen molar-refractivity contribution >= 4 is 17.2 Å². The molecule has 2 N–H and O–H groups in total. The van der Waals surface area contributed by atoms with Gasteiger partial charge in [0.1, 0.15) is 5.75 Å². The van der Waals surface area contributed by atoms with Gasteiger partial charge in [0.25, 0.3) is 0 Å². The molecule has 0 saturated carbocycles. The Kier molecular flexibility index (Phi) is 7.40. The van der Waals surface area contributed by atoms with Crippen molar-refractivity contribution in [1.82, 2.24) is 4.90 Å². The molecule has 0 amide bonds. The third-order valence-corrected chi connectivity index (χ3v) is 3.06. The molecule has 0 saturated heterocycles. The van der Waals surface area contributed by atoms with Gasteiger partial charge in [0.05, 0.1) is 18.7 Å². The molecule has 0 fully saturated rings. The number of nitrogens with zero attached hydrogens (tertiary/aromatic N) is 1. The fourth-order valence-corrected chi connectivity index (χ4v) is 1.84. The minimum absolute atomic E-state index is 0.553. The minimum Gasteiger partial charge on any atom is -0.497 e. The lowest BCUT2D eigenvalue weighted by atomic mass is 10.2. The number of ether oxygens (including phenoxy) is 2. The molecule has 0 unspecified atom stereocenters. The third-order valence-electron chi connectivity index (χ3n) is 2.85. The van der Waals surface area contributed by atoms with Crippen LogP contribution in [0.3, 0.4) is 0 Å². The van der Waals surface area contributed by atoms with Gasteiger partial charge in [-0.25, -0.2) is 0 Å². The Balaban J connectivity index is 2.55. The highest BCUT2D eigenvalue weighted by Crippen LogP contribution is 2.13. The molecular formula is C14H22N2O2S. The van der Waals surface area contributed by atoms with Crippen molar-refractivity contribution in [1.29, 1.82) is 0 Å². The second kappa shape index (κ2) is 8.85. The lowest BCUT2D eigenvalue weighted by molar-refractivity contribution is 0.146. The van der Waals surface area contributed by atoms with Crippen molar-refractivity contribution in [2.75, 3.05) is 33.9 Å². The van der Waals surface area contributed by atoms with Crippen LogP contribution < -0.4 is 10.5 Å². The standard InChI is InChI=1S/C14H22N2O2S/c1-17-10-9-16(8-7-14(15)19)11-12-3-5-13(18-2)6-4-12/h3-6H,7-11H2,1-2H3,(H2,15,19). The zero-order chi connectivity index (χ0) is 14.1. The van der Waals surface area contributed by atoms with Gasteiger partial charge in [-0.3, -0.25) is 4.90 Å². The molecule has 0 spiro atoms. The van der Waals surface area contributed by atoms with E-state index in [1.54, 1.807) is 14.2 Å². The first-order chi connectivity index (χ1) is 9.15. The van der Waals surface area contributed by atoms with Crippen LogP contribution in [0.15, 0.2) is 24.3 Å². The van der Waals surface area contributed by atoms with E-state index in [4.69, 9.17) is 27.4 Å². The molecule has 0 aromatic heterocycles. The zero-order valence-corrected chi connectivity index (χ0v) is 12.4. The van der Waals surface area contributed by atoms with E-state index in [2.05, 4.69) is 17.0 Å². The smallest absolute Gasteiger partial charge is 0.118 e. The minimum atomic E-state index is 0.553. The lowest BCUT2D eigenvalue weighted by Gasteiger charge is -2.21. The molecule has 19 heavy (non-hydrogen) atoms. The highest BCUT2D eigenvalue weighted by molar-refractivity contribution is 7.80. The topological polar surface area (TPSA) is 47.7 Å². The molecule has 0 heterocycles. The summed E-state index contributed by atoms with van der Waals surface area (Å²) in [5, 5.41) is 0. The van der Waals surface area contributed by atoms with Crippen molar-refractivity contribution in [2.45, 2.75) is 13.0 Å². The van der Waals surface area contributed by atoms with E-state index >= 15 is 0 Å². The number of hydrogen-bond donors (Lipinski definition) is 1. The molecule has 0 aliphatic heterocycles. The Labute approximate surface area is 120 Å². The molecule has 106 valence electrons. The van der Waals surface area contributed by atoms with Crippen LogP contribution in [0.4, 0.5) is 0 Å². The second-order valence-electron chi connectivity index (χ2n) is 4.33. The summed E-state index contributed by atoms with van der Waals surface area (Å²) in [6.07, 6.45) is 0.731. The SMILES string of the molecule is COCCN(CCC(N)=S)Cc1ccc(OC)cc1. The van der Waals surface area contributed by atoms with Crippen LogP contribution in [0.2, 0.25) is 0 Å². The first kappa shape index (κ1) is 15.9. The van der Waals surface area contributed by atoms with E-state index in [9.17, 15) is 0 Å². The van der Waals surface area contributed by atoms with Crippen LogP contribution in [0.5, 0.6) is 5.75 Å². The molecule has 1 rings (SSSR count). The van der Waals surface area contributed by atoms with E-state index < -0.39 is 0 Å².